The summed E-state index contributed by atoms with van der Waals surface area (Å²) >= 11 is 0. The van der Waals surface area contributed by atoms with Crippen LogP contribution < -0.4 is 25.0 Å². The van der Waals surface area contributed by atoms with Crippen LogP contribution in [0.2, 0.25) is 0 Å². The molecule has 0 aromatic heterocycles. The van der Waals surface area contributed by atoms with E-state index >= 15 is 0 Å². The second-order valence-corrected chi connectivity index (χ2v) is 6.79. The minimum atomic E-state index is -0.425. The van der Waals surface area contributed by atoms with Gasteiger partial charge in [-0.1, -0.05) is 36.4 Å². The van der Waals surface area contributed by atoms with Crippen molar-refractivity contribution in [2.24, 2.45) is 5.10 Å². The summed E-state index contributed by atoms with van der Waals surface area (Å²) in [5.74, 6) is 2.06. The minimum absolute atomic E-state index is 0.378. The van der Waals surface area contributed by atoms with Crippen molar-refractivity contribution in [1.82, 2.24) is 5.43 Å². The second-order valence-electron chi connectivity index (χ2n) is 6.79. The molecule has 32 heavy (non-hydrogen) atoms. The van der Waals surface area contributed by atoms with Crippen molar-refractivity contribution in [3.8, 4) is 17.2 Å². The van der Waals surface area contributed by atoms with E-state index in [1.807, 2.05) is 68.4 Å². The molecular weight excluding hydrogens is 406 g/mol. The summed E-state index contributed by atoms with van der Waals surface area (Å²) in [6.45, 7) is 5.20. The molecule has 0 saturated carbocycles. The van der Waals surface area contributed by atoms with Gasteiger partial charge in [0.05, 0.1) is 12.8 Å². The molecule has 0 aliphatic carbocycles. The van der Waals surface area contributed by atoms with Crippen molar-refractivity contribution in [3.63, 3.8) is 0 Å². The summed E-state index contributed by atoms with van der Waals surface area (Å²) in [6, 6.07) is 22.0. The third kappa shape index (κ3) is 7.05. The first-order valence-corrected chi connectivity index (χ1v) is 10.4. The van der Waals surface area contributed by atoms with Crippen LogP contribution in [0.5, 0.6) is 17.2 Å². The number of anilines is 1. The molecule has 0 atom stereocenters. The monoisotopic (exact) mass is 433 g/mol. The summed E-state index contributed by atoms with van der Waals surface area (Å²) in [5.41, 5.74) is 4.97. The van der Waals surface area contributed by atoms with Crippen molar-refractivity contribution < 1.29 is 19.0 Å². The Balaban J connectivity index is 1.52. The van der Waals surface area contributed by atoms with Crippen molar-refractivity contribution in [2.75, 3.05) is 25.1 Å². The molecule has 2 N–H and O–H groups in total. The number of hydrogen-bond acceptors (Lipinski definition) is 5. The number of ether oxygens (including phenoxy) is 3. The molecular formula is C25H27N3O4. The van der Waals surface area contributed by atoms with Crippen LogP contribution in [-0.4, -0.2) is 32.1 Å². The quantitative estimate of drug-likeness (QED) is 0.268. The van der Waals surface area contributed by atoms with Gasteiger partial charge in [0.2, 0.25) is 0 Å². The predicted molar refractivity (Wildman–Crippen MR) is 126 cm³/mol. The standard InChI is InChI=1S/C25H27N3O4/c1-3-30-24-17-20(18-26-28-25(29)27-21-10-5-4-6-11-21)13-14-23(24)32-16-15-31-22-12-8-7-9-19(22)2/h4-14,17-18H,3,15-16H2,1-2H3,(H2,27,28,29). The molecule has 0 aliphatic rings. The molecule has 0 saturated heterocycles. The lowest BCUT2D eigenvalue weighted by molar-refractivity contribution is 0.207. The van der Waals surface area contributed by atoms with Gasteiger partial charge < -0.3 is 19.5 Å². The summed E-state index contributed by atoms with van der Waals surface area (Å²) in [7, 11) is 0. The molecule has 0 radical (unpaired) electrons. The number of amides is 2. The Kier molecular flexibility index (Phi) is 8.50. The fourth-order valence-corrected chi connectivity index (χ4v) is 2.86. The average molecular weight is 434 g/mol. The second kappa shape index (κ2) is 12.0. The third-order valence-electron chi connectivity index (χ3n) is 4.37. The Labute approximate surface area is 188 Å². The van der Waals surface area contributed by atoms with Gasteiger partial charge in [-0.3, -0.25) is 0 Å². The van der Waals surface area contributed by atoms with Crippen molar-refractivity contribution in [3.05, 3.63) is 83.9 Å². The van der Waals surface area contributed by atoms with Crippen LogP contribution in [0.25, 0.3) is 0 Å². The van der Waals surface area contributed by atoms with Crippen LogP contribution in [-0.2, 0) is 0 Å². The molecule has 3 rings (SSSR count). The maximum Gasteiger partial charge on any atom is 0.339 e. The van der Waals surface area contributed by atoms with Gasteiger partial charge >= 0.3 is 6.03 Å². The van der Waals surface area contributed by atoms with Gasteiger partial charge in [0.25, 0.3) is 0 Å². The number of aryl methyl sites for hydroxylation is 1. The van der Waals surface area contributed by atoms with Crippen molar-refractivity contribution in [1.29, 1.82) is 0 Å². The van der Waals surface area contributed by atoms with Crippen LogP contribution in [0.15, 0.2) is 77.9 Å². The van der Waals surface area contributed by atoms with Gasteiger partial charge in [-0.25, -0.2) is 10.2 Å². The first-order valence-electron chi connectivity index (χ1n) is 10.4. The number of nitrogens with zero attached hydrogens (tertiary/aromatic N) is 1. The zero-order chi connectivity index (χ0) is 22.6. The van der Waals surface area contributed by atoms with Crippen LogP contribution in [0.3, 0.4) is 0 Å². The van der Waals surface area contributed by atoms with Crippen LogP contribution in [0.4, 0.5) is 10.5 Å². The highest BCUT2D eigenvalue weighted by Crippen LogP contribution is 2.28. The van der Waals surface area contributed by atoms with E-state index in [1.165, 1.54) is 6.21 Å². The SMILES string of the molecule is CCOc1cc(C=NNC(=O)Nc2ccccc2)ccc1OCCOc1ccccc1C. The highest BCUT2D eigenvalue weighted by molar-refractivity contribution is 5.90. The molecule has 0 aliphatic heterocycles. The van der Waals surface area contributed by atoms with E-state index in [1.54, 1.807) is 18.2 Å². The largest absolute Gasteiger partial charge is 0.490 e. The average Bonchev–Trinajstić information content (AvgIpc) is 2.80. The molecule has 0 heterocycles. The minimum Gasteiger partial charge on any atom is -0.490 e. The molecule has 7 nitrogen and oxygen atoms in total. The number of para-hydroxylation sites is 2. The van der Waals surface area contributed by atoms with E-state index in [-0.39, 0.29) is 0 Å². The maximum absolute atomic E-state index is 11.9. The molecule has 2 amide bonds. The molecule has 0 fully saturated rings. The Morgan fingerprint density at radius 1 is 0.875 bits per heavy atom. The lowest BCUT2D eigenvalue weighted by Gasteiger charge is -2.13. The van der Waals surface area contributed by atoms with E-state index in [0.717, 1.165) is 16.9 Å². The van der Waals surface area contributed by atoms with E-state index in [4.69, 9.17) is 14.2 Å². The van der Waals surface area contributed by atoms with E-state index in [9.17, 15) is 4.79 Å². The zero-order valence-electron chi connectivity index (χ0n) is 18.2. The van der Waals surface area contributed by atoms with Crippen LogP contribution >= 0.6 is 0 Å². The number of hydrazone groups is 1. The number of hydrogen-bond donors (Lipinski definition) is 2. The molecule has 0 unspecified atom stereocenters. The summed E-state index contributed by atoms with van der Waals surface area (Å²) < 4.78 is 17.3. The Morgan fingerprint density at radius 3 is 2.34 bits per heavy atom. The van der Waals surface area contributed by atoms with Gasteiger partial charge in [-0.15, -0.1) is 0 Å². The van der Waals surface area contributed by atoms with E-state index in [0.29, 0.717) is 37.0 Å². The van der Waals surface area contributed by atoms with Crippen LogP contribution in [0.1, 0.15) is 18.1 Å². The summed E-state index contributed by atoms with van der Waals surface area (Å²) in [4.78, 5) is 11.9. The molecule has 0 spiro atoms. The first kappa shape index (κ1) is 22.7. The first-order chi connectivity index (χ1) is 15.7. The number of urea groups is 1. The Hall–Kier alpha value is -4.00. The molecule has 166 valence electrons. The van der Waals surface area contributed by atoms with Gasteiger partial charge in [0, 0.05) is 5.69 Å². The maximum atomic E-state index is 11.9. The number of benzene rings is 3. The normalized spacial score (nSPS) is 10.6. The summed E-state index contributed by atoms with van der Waals surface area (Å²) in [5, 5.41) is 6.67. The van der Waals surface area contributed by atoms with Crippen molar-refractivity contribution in [2.45, 2.75) is 13.8 Å². The number of carbonyl (C=O) groups is 1. The van der Waals surface area contributed by atoms with Gasteiger partial charge in [-0.2, -0.15) is 5.10 Å². The van der Waals surface area contributed by atoms with E-state index in [2.05, 4.69) is 15.8 Å². The van der Waals surface area contributed by atoms with E-state index < -0.39 is 6.03 Å². The van der Waals surface area contributed by atoms with Crippen molar-refractivity contribution >= 4 is 17.9 Å². The molecule has 0 bridgehead atoms. The fraction of sp³-hybridized carbons (Fsp3) is 0.200. The molecule has 7 heteroatoms. The highest BCUT2D eigenvalue weighted by Gasteiger charge is 2.07. The zero-order valence-corrected chi connectivity index (χ0v) is 18.2. The highest BCUT2D eigenvalue weighted by atomic mass is 16.5. The molecule has 3 aromatic rings. The Morgan fingerprint density at radius 2 is 1.59 bits per heavy atom. The number of rotatable bonds is 10. The number of carbonyl (C=O) groups excluding carboxylic acids is 1. The van der Waals surface area contributed by atoms with Gasteiger partial charge in [-0.05, 0) is 61.4 Å². The molecule has 3 aromatic carbocycles. The fourth-order valence-electron chi connectivity index (χ4n) is 2.86. The lowest BCUT2D eigenvalue weighted by Crippen LogP contribution is -2.24. The smallest absolute Gasteiger partial charge is 0.339 e. The lowest BCUT2D eigenvalue weighted by atomic mass is 10.2. The topological polar surface area (TPSA) is 81.2 Å². The van der Waals surface area contributed by atoms with Gasteiger partial charge in [0.1, 0.15) is 19.0 Å². The third-order valence-corrected chi connectivity index (χ3v) is 4.37. The van der Waals surface area contributed by atoms with Crippen LogP contribution in [0, 0.1) is 6.92 Å². The number of nitrogens with one attached hydrogen (secondary N) is 2. The Bertz CT molecular complexity index is 1040. The van der Waals surface area contributed by atoms with Gasteiger partial charge in [0.15, 0.2) is 11.5 Å². The summed E-state index contributed by atoms with van der Waals surface area (Å²) in [6.07, 6.45) is 1.54. The predicted octanol–water partition coefficient (Wildman–Crippen LogP) is 5.01.